The van der Waals surface area contributed by atoms with Crippen molar-refractivity contribution in [2.45, 2.75) is 78.9 Å². The molecular formula is C26H33FO3. The summed E-state index contributed by atoms with van der Waals surface area (Å²) in [7, 11) is 0. The number of allylic oxidation sites excluding steroid dienone is 3. The van der Waals surface area contributed by atoms with E-state index < -0.39 is 12.2 Å². The van der Waals surface area contributed by atoms with Gasteiger partial charge in [0.2, 0.25) is 0 Å². The summed E-state index contributed by atoms with van der Waals surface area (Å²) in [6, 6.07) is 5.40. The average molecular weight is 413 g/mol. The largest absolute Gasteiger partial charge is 0.458 e. The number of hydrogen-bond acceptors (Lipinski definition) is 3. The lowest BCUT2D eigenvalue weighted by atomic mass is 9.51. The van der Waals surface area contributed by atoms with E-state index >= 15 is 0 Å². The van der Waals surface area contributed by atoms with Crippen LogP contribution in [0.2, 0.25) is 0 Å². The van der Waals surface area contributed by atoms with Gasteiger partial charge in [0, 0.05) is 6.42 Å². The Morgan fingerprint density at radius 3 is 2.60 bits per heavy atom. The first-order valence-electron chi connectivity index (χ1n) is 11.0. The van der Waals surface area contributed by atoms with Gasteiger partial charge in [-0.2, -0.15) is 0 Å². The molecule has 1 saturated carbocycles. The first kappa shape index (κ1) is 21.3. The summed E-state index contributed by atoms with van der Waals surface area (Å²) in [6.45, 7) is 11.3. The molecule has 1 aromatic rings. The quantitative estimate of drug-likeness (QED) is 0.643. The maximum atomic E-state index is 14.0. The summed E-state index contributed by atoms with van der Waals surface area (Å²) >= 11 is 0. The summed E-state index contributed by atoms with van der Waals surface area (Å²) < 4.78 is 19.4. The maximum absolute atomic E-state index is 14.0. The number of fused-ring (bicyclic) bond motifs is 2. The molecule has 1 heterocycles. The standard InChI is InChI=1S/C26H33FO3/c1-16-12-17(6-9-22(16)27)20-15-25(4)10-11-26(5,24(25,2)3)21(20)8-7-19-13-18(28)14-23(29)30-19/h6-9,12,18-19,28H,10-11,13-15H2,1-5H3/b8-7+/t18-,19-,25?,26?/m0/s1. The number of aryl methyl sites for hydroxylation is 1. The lowest BCUT2D eigenvalue weighted by Crippen LogP contribution is -2.44. The molecule has 1 aromatic carbocycles. The molecule has 2 unspecified atom stereocenters. The van der Waals surface area contributed by atoms with Crippen LogP contribution in [0.15, 0.2) is 35.9 Å². The molecule has 30 heavy (non-hydrogen) atoms. The Hall–Kier alpha value is -1.94. The monoisotopic (exact) mass is 412 g/mol. The van der Waals surface area contributed by atoms with Gasteiger partial charge in [0.25, 0.3) is 0 Å². The van der Waals surface area contributed by atoms with Crippen molar-refractivity contribution in [3.63, 3.8) is 0 Å². The molecule has 2 fully saturated rings. The predicted octanol–water partition coefficient (Wildman–Crippen LogP) is 5.75. The van der Waals surface area contributed by atoms with E-state index in [4.69, 9.17) is 4.74 Å². The van der Waals surface area contributed by atoms with Gasteiger partial charge in [-0.25, -0.2) is 4.39 Å². The van der Waals surface area contributed by atoms with Gasteiger partial charge in [-0.1, -0.05) is 39.8 Å². The molecule has 2 bridgehead atoms. The van der Waals surface area contributed by atoms with Crippen LogP contribution in [0.1, 0.15) is 70.9 Å². The highest BCUT2D eigenvalue weighted by Gasteiger charge is 2.62. The molecule has 3 aliphatic rings. The second-order valence-corrected chi connectivity index (χ2v) is 10.5. The van der Waals surface area contributed by atoms with Crippen molar-refractivity contribution in [3.05, 3.63) is 52.9 Å². The van der Waals surface area contributed by atoms with Crippen LogP contribution in [0, 0.1) is 29.0 Å². The molecule has 0 amide bonds. The zero-order chi connectivity index (χ0) is 21.9. The van der Waals surface area contributed by atoms with Crippen molar-refractivity contribution in [2.24, 2.45) is 16.2 Å². The number of esters is 1. The Kier molecular flexibility index (Phi) is 5.00. The molecule has 0 radical (unpaired) electrons. The molecule has 4 heteroatoms. The van der Waals surface area contributed by atoms with Crippen LogP contribution in [0.25, 0.3) is 5.57 Å². The zero-order valence-electron chi connectivity index (χ0n) is 18.7. The summed E-state index contributed by atoms with van der Waals surface area (Å²) in [6.07, 6.45) is 6.67. The van der Waals surface area contributed by atoms with Crippen molar-refractivity contribution in [1.82, 2.24) is 0 Å². The lowest BCUT2D eigenvalue weighted by molar-refractivity contribution is -0.156. The summed E-state index contributed by atoms with van der Waals surface area (Å²) in [5.74, 6) is -0.536. The van der Waals surface area contributed by atoms with Crippen LogP contribution < -0.4 is 0 Å². The Morgan fingerprint density at radius 1 is 1.20 bits per heavy atom. The van der Waals surface area contributed by atoms with Crippen molar-refractivity contribution >= 4 is 11.5 Å². The number of ether oxygens (including phenoxy) is 1. The number of halogens is 1. The highest BCUT2D eigenvalue weighted by atomic mass is 19.1. The highest BCUT2D eigenvalue weighted by molar-refractivity contribution is 5.76. The average Bonchev–Trinajstić information content (AvgIpc) is 2.76. The van der Waals surface area contributed by atoms with E-state index in [1.165, 1.54) is 11.1 Å². The molecule has 4 atom stereocenters. The zero-order valence-corrected chi connectivity index (χ0v) is 18.7. The Morgan fingerprint density at radius 2 is 1.93 bits per heavy atom. The third kappa shape index (κ3) is 3.15. The van der Waals surface area contributed by atoms with Gasteiger partial charge in [-0.05, 0) is 82.9 Å². The number of rotatable bonds is 3. The SMILES string of the molecule is Cc1cc(C2=C(/C=C/[C@H]3C[C@H](O)CC(=O)O3)C3(C)CCC(C)(C2)C3(C)C)ccc1F. The fourth-order valence-electron chi connectivity index (χ4n) is 5.92. The topological polar surface area (TPSA) is 46.5 Å². The first-order chi connectivity index (χ1) is 14.0. The second kappa shape index (κ2) is 7.05. The van der Waals surface area contributed by atoms with Gasteiger partial charge in [0.05, 0.1) is 12.5 Å². The van der Waals surface area contributed by atoms with Crippen LogP contribution in [0.4, 0.5) is 4.39 Å². The number of benzene rings is 1. The van der Waals surface area contributed by atoms with Gasteiger partial charge in [-0.3, -0.25) is 4.79 Å². The Bertz CT molecular complexity index is 944. The number of hydrogen-bond donors (Lipinski definition) is 1. The summed E-state index contributed by atoms with van der Waals surface area (Å²) in [5, 5.41) is 9.96. The Labute approximate surface area is 179 Å². The third-order valence-corrected chi connectivity index (χ3v) is 8.73. The van der Waals surface area contributed by atoms with E-state index in [1.54, 1.807) is 6.07 Å². The predicted molar refractivity (Wildman–Crippen MR) is 116 cm³/mol. The van der Waals surface area contributed by atoms with E-state index in [2.05, 4.69) is 33.8 Å². The number of carbonyl (C=O) groups excluding carboxylic acids is 1. The maximum Gasteiger partial charge on any atom is 0.309 e. The minimum atomic E-state index is -0.651. The van der Waals surface area contributed by atoms with Gasteiger partial charge in [0.15, 0.2) is 0 Å². The molecule has 1 N–H and O–H groups in total. The molecule has 1 aliphatic heterocycles. The van der Waals surface area contributed by atoms with E-state index in [9.17, 15) is 14.3 Å². The molecule has 4 rings (SSSR count). The number of cyclic esters (lactones) is 1. The van der Waals surface area contributed by atoms with E-state index in [0.717, 1.165) is 24.8 Å². The molecule has 1 saturated heterocycles. The van der Waals surface area contributed by atoms with E-state index in [-0.39, 0.29) is 34.5 Å². The van der Waals surface area contributed by atoms with E-state index in [1.807, 2.05) is 25.1 Å². The van der Waals surface area contributed by atoms with Crippen molar-refractivity contribution in [2.75, 3.05) is 0 Å². The number of carbonyl (C=O) groups is 1. The molecule has 0 spiro atoms. The first-order valence-corrected chi connectivity index (χ1v) is 11.0. The third-order valence-electron chi connectivity index (χ3n) is 8.73. The number of aliphatic hydroxyl groups is 1. The van der Waals surface area contributed by atoms with Crippen LogP contribution in [0.5, 0.6) is 0 Å². The molecule has 162 valence electrons. The van der Waals surface area contributed by atoms with Crippen LogP contribution in [-0.2, 0) is 9.53 Å². The van der Waals surface area contributed by atoms with Crippen LogP contribution in [-0.4, -0.2) is 23.3 Å². The summed E-state index contributed by atoms with van der Waals surface area (Å²) in [5.41, 5.74) is 4.48. The van der Waals surface area contributed by atoms with Gasteiger partial charge >= 0.3 is 5.97 Å². The minimum absolute atomic E-state index is 0.0363. The smallest absolute Gasteiger partial charge is 0.309 e. The van der Waals surface area contributed by atoms with Gasteiger partial charge in [0.1, 0.15) is 11.9 Å². The second-order valence-electron chi connectivity index (χ2n) is 10.5. The molecule has 0 aromatic heterocycles. The van der Waals surface area contributed by atoms with Crippen LogP contribution in [0.3, 0.4) is 0 Å². The minimum Gasteiger partial charge on any atom is -0.458 e. The van der Waals surface area contributed by atoms with Crippen molar-refractivity contribution in [1.29, 1.82) is 0 Å². The lowest BCUT2D eigenvalue weighted by Gasteiger charge is -2.53. The van der Waals surface area contributed by atoms with Crippen LogP contribution >= 0.6 is 0 Å². The Balaban J connectivity index is 1.82. The van der Waals surface area contributed by atoms with Gasteiger partial charge in [-0.15, -0.1) is 0 Å². The molecule has 3 nitrogen and oxygen atoms in total. The fraction of sp³-hybridized carbons (Fsp3) is 0.577. The summed E-state index contributed by atoms with van der Waals surface area (Å²) in [4.78, 5) is 11.8. The fourth-order valence-corrected chi connectivity index (χ4v) is 5.92. The van der Waals surface area contributed by atoms with Crippen molar-refractivity contribution < 1.29 is 19.0 Å². The van der Waals surface area contributed by atoms with Gasteiger partial charge < -0.3 is 9.84 Å². The number of aliphatic hydroxyl groups excluding tert-OH is 1. The van der Waals surface area contributed by atoms with Crippen molar-refractivity contribution in [3.8, 4) is 0 Å². The normalized spacial score (nSPS) is 35.8. The van der Waals surface area contributed by atoms with E-state index in [0.29, 0.717) is 12.0 Å². The highest BCUT2D eigenvalue weighted by Crippen LogP contribution is 2.71. The molecular weight excluding hydrogens is 379 g/mol. The molecule has 2 aliphatic carbocycles.